The Bertz CT molecular complexity index is 608. The van der Waals surface area contributed by atoms with Crippen LogP contribution in [0.4, 0.5) is 4.39 Å². The Morgan fingerprint density at radius 1 is 1.20 bits per heavy atom. The molecule has 0 unspecified atom stereocenters. The summed E-state index contributed by atoms with van der Waals surface area (Å²) in [6.07, 6.45) is 0.468. The van der Waals surface area contributed by atoms with E-state index in [1.165, 1.54) is 6.07 Å². The van der Waals surface area contributed by atoms with Crippen molar-refractivity contribution in [2.75, 3.05) is 0 Å². The molecule has 0 fully saturated rings. The summed E-state index contributed by atoms with van der Waals surface area (Å²) in [4.78, 5) is 11.5. The first-order valence-corrected chi connectivity index (χ1v) is 6.68. The lowest BCUT2D eigenvalue weighted by Crippen LogP contribution is -2.00. The summed E-state index contributed by atoms with van der Waals surface area (Å²) >= 11 is 5.68. The number of rotatable bonds is 5. The van der Waals surface area contributed by atoms with E-state index in [1.807, 2.05) is 6.92 Å². The quantitative estimate of drug-likeness (QED) is 0.750. The normalized spacial score (nSPS) is 10.3. The SMILES string of the molecule is CCC(=O)c1ccc(OCc2ccc(Cl)cc2F)cc1. The fourth-order valence-corrected chi connectivity index (χ4v) is 1.90. The van der Waals surface area contributed by atoms with Gasteiger partial charge in [-0.1, -0.05) is 24.6 Å². The van der Waals surface area contributed by atoms with E-state index < -0.39 is 5.82 Å². The lowest BCUT2D eigenvalue weighted by molar-refractivity contribution is 0.0988. The summed E-state index contributed by atoms with van der Waals surface area (Å²) < 4.78 is 19.0. The molecule has 0 aromatic heterocycles. The van der Waals surface area contributed by atoms with Gasteiger partial charge in [0.15, 0.2) is 5.78 Å². The fourth-order valence-electron chi connectivity index (χ4n) is 1.74. The molecule has 0 aliphatic carbocycles. The van der Waals surface area contributed by atoms with Crippen LogP contribution in [-0.2, 0) is 6.61 Å². The molecule has 0 spiro atoms. The van der Waals surface area contributed by atoms with Gasteiger partial charge in [-0.3, -0.25) is 4.79 Å². The Morgan fingerprint density at radius 3 is 2.50 bits per heavy atom. The average Bonchev–Trinajstić information content (AvgIpc) is 2.46. The van der Waals surface area contributed by atoms with Crippen LogP contribution in [0.25, 0.3) is 0 Å². The minimum atomic E-state index is -0.393. The van der Waals surface area contributed by atoms with Crippen LogP contribution >= 0.6 is 11.6 Å². The van der Waals surface area contributed by atoms with E-state index in [0.29, 0.717) is 28.3 Å². The highest BCUT2D eigenvalue weighted by Gasteiger charge is 2.05. The summed E-state index contributed by atoms with van der Waals surface area (Å²) in [6.45, 7) is 1.93. The van der Waals surface area contributed by atoms with Crippen LogP contribution in [-0.4, -0.2) is 5.78 Å². The van der Waals surface area contributed by atoms with E-state index in [9.17, 15) is 9.18 Å². The number of hydrogen-bond acceptors (Lipinski definition) is 2. The molecule has 2 rings (SSSR count). The van der Waals surface area contributed by atoms with E-state index in [2.05, 4.69) is 0 Å². The Kier molecular flexibility index (Phi) is 4.74. The predicted molar refractivity (Wildman–Crippen MR) is 76.8 cm³/mol. The van der Waals surface area contributed by atoms with Crippen molar-refractivity contribution >= 4 is 17.4 Å². The first-order chi connectivity index (χ1) is 9.60. The summed E-state index contributed by atoms with van der Waals surface area (Å²) in [5.41, 5.74) is 1.08. The molecule has 20 heavy (non-hydrogen) atoms. The number of hydrogen-bond donors (Lipinski definition) is 0. The highest BCUT2D eigenvalue weighted by molar-refractivity contribution is 6.30. The van der Waals surface area contributed by atoms with Gasteiger partial charge in [0.2, 0.25) is 0 Å². The monoisotopic (exact) mass is 292 g/mol. The molecule has 4 heteroatoms. The van der Waals surface area contributed by atoms with Gasteiger partial charge < -0.3 is 4.74 Å². The Labute approximate surface area is 122 Å². The highest BCUT2D eigenvalue weighted by Crippen LogP contribution is 2.18. The zero-order chi connectivity index (χ0) is 14.5. The number of Topliss-reactive ketones (excluding diaryl/α,β-unsaturated/α-hetero) is 1. The van der Waals surface area contributed by atoms with Crippen LogP contribution in [0, 0.1) is 5.82 Å². The largest absolute Gasteiger partial charge is 0.489 e. The number of halogens is 2. The molecule has 0 bridgehead atoms. The molecule has 2 nitrogen and oxygen atoms in total. The second-order valence-electron chi connectivity index (χ2n) is 4.33. The van der Waals surface area contributed by atoms with E-state index in [-0.39, 0.29) is 12.4 Å². The van der Waals surface area contributed by atoms with E-state index in [4.69, 9.17) is 16.3 Å². The Hall–Kier alpha value is -1.87. The lowest BCUT2D eigenvalue weighted by Gasteiger charge is -2.08. The van der Waals surface area contributed by atoms with Crippen LogP contribution < -0.4 is 4.74 Å². The van der Waals surface area contributed by atoms with Crippen molar-refractivity contribution in [2.45, 2.75) is 20.0 Å². The fraction of sp³-hybridized carbons (Fsp3) is 0.188. The van der Waals surface area contributed by atoms with Crippen LogP contribution in [0.1, 0.15) is 29.3 Å². The van der Waals surface area contributed by atoms with Crippen molar-refractivity contribution in [1.29, 1.82) is 0 Å². The topological polar surface area (TPSA) is 26.3 Å². The van der Waals surface area contributed by atoms with Crippen molar-refractivity contribution in [2.24, 2.45) is 0 Å². The average molecular weight is 293 g/mol. The molecule has 0 atom stereocenters. The zero-order valence-corrected chi connectivity index (χ0v) is 11.8. The molecule has 0 heterocycles. The second-order valence-corrected chi connectivity index (χ2v) is 4.76. The van der Waals surface area contributed by atoms with Crippen molar-refractivity contribution in [3.63, 3.8) is 0 Å². The van der Waals surface area contributed by atoms with Crippen molar-refractivity contribution < 1.29 is 13.9 Å². The molecular weight excluding hydrogens is 279 g/mol. The maximum atomic E-state index is 13.6. The number of carbonyl (C=O) groups is 1. The number of ketones is 1. The van der Waals surface area contributed by atoms with Gasteiger partial charge in [0.1, 0.15) is 18.2 Å². The maximum absolute atomic E-state index is 13.6. The van der Waals surface area contributed by atoms with Gasteiger partial charge in [0.25, 0.3) is 0 Å². The third-order valence-corrected chi connectivity index (χ3v) is 3.14. The van der Waals surface area contributed by atoms with Crippen LogP contribution in [0.2, 0.25) is 5.02 Å². The molecule has 104 valence electrons. The summed E-state index contributed by atoms with van der Waals surface area (Å²) in [5.74, 6) is 0.280. The minimum absolute atomic E-state index is 0.0836. The number of ether oxygens (including phenoxy) is 1. The van der Waals surface area contributed by atoms with E-state index in [1.54, 1.807) is 36.4 Å². The Morgan fingerprint density at radius 2 is 1.90 bits per heavy atom. The van der Waals surface area contributed by atoms with Crippen molar-refractivity contribution in [1.82, 2.24) is 0 Å². The summed E-state index contributed by atoms with van der Waals surface area (Å²) in [7, 11) is 0. The van der Waals surface area contributed by atoms with Gasteiger partial charge in [0.05, 0.1) is 0 Å². The van der Waals surface area contributed by atoms with Gasteiger partial charge in [-0.05, 0) is 36.4 Å². The molecule has 0 aliphatic heterocycles. The maximum Gasteiger partial charge on any atom is 0.162 e. The number of benzene rings is 2. The lowest BCUT2D eigenvalue weighted by atomic mass is 10.1. The first-order valence-electron chi connectivity index (χ1n) is 6.30. The van der Waals surface area contributed by atoms with Crippen LogP contribution in [0.15, 0.2) is 42.5 Å². The van der Waals surface area contributed by atoms with Crippen molar-refractivity contribution in [3.8, 4) is 5.75 Å². The minimum Gasteiger partial charge on any atom is -0.489 e. The third kappa shape index (κ3) is 3.58. The first kappa shape index (κ1) is 14.5. The molecule has 0 N–H and O–H groups in total. The molecular formula is C16H14ClFO2. The second kappa shape index (κ2) is 6.53. The highest BCUT2D eigenvalue weighted by atomic mass is 35.5. The predicted octanol–water partition coefficient (Wildman–Crippen LogP) is 4.65. The van der Waals surface area contributed by atoms with Crippen LogP contribution in [0.5, 0.6) is 5.75 Å². The van der Waals surface area contributed by atoms with Crippen LogP contribution in [0.3, 0.4) is 0 Å². The zero-order valence-electron chi connectivity index (χ0n) is 11.0. The molecule has 0 saturated heterocycles. The molecule has 2 aromatic carbocycles. The van der Waals surface area contributed by atoms with Gasteiger partial charge in [-0.25, -0.2) is 4.39 Å². The molecule has 0 aliphatic rings. The molecule has 0 radical (unpaired) electrons. The summed E-state index contributed by atoms with van der Waals surface area (Å²) in [6, 6.07) is 11.3. The smallest absolute Gasteiger partial charge is 0.162 e. The van der Waals surface area contributed by atoms with Gasteiger partial charge in [-0.2, -0.15) is 0 Å². The number of carbonyl (C=O) groups excluding carboxylic acids is 1. The van der Waals surface area contributed by atoms with E-state index in [0.717, 1.165) is 0 Å². The third-order valence-electron chi connectivity index (χ3n) is 2.91. The standard InChI is InChI=1S/C16H14ClFO2/c1-2-16(19)11-4-7-14(8-5-11)20-10-12-3-6-13(17)9-15(12)18/h3-9H,2,10H2,1H3. The molecule has 0 amide bonds. The molecule has 0 saturated carbocycles. The van der Waals surface area contributed by atoms with Gasteiger partial charge in [-0.15, -0.1) is 0 Å². The van der Waals surface area contributed by atoms with Crippen molar-refractivity contribution in [3.05, 3.63) is 64.4 Å². The van der Waals surface area contributed by atoms with Gasteiger partial charge >= 0.3 is 0 Å². The van der Waals surface area contributed by atoms with E-state index >= 15 is 0 Å². The van der Waals surface area contributed by atoms with Gasteiger partial charge in [0, 0.05) is 22.6 Å². The Balaban J connectivity index is 2.02. The molecule has 2 aromatic rings. The summed E-state index contributed by atoms with van der Waals surface area (Å²) in [5, 5.41) is 0.355.